The predicted octanol–water partition coefficient (Wildman–Crippen LogP) is 1.11. The third-order valence-electron chi connectivity index (χ3n) is 1.33. The number of carbonyl (C=O) groups excluding carboxylic acids is 1. The fourth-order valence-corrected chi connectivity index (χ4v) is 0.789. The highest BCUT2D eigenvalue weighted by atomic mass is 16.7. The Balaban J connectivity index is 3.13. The SMILES string of the molecule is NOC(=O)c1ccccc1N=O. The quantitative estimate of drug-likeness (QED) is 0.527. The van der Waals surface area contributed by atoms with Gasteiger partial charge in [0.05, 0.1) is 5.56 Å². The van der Waals surface area contributed by atoms with E-state index in [4.69, 9.17) is 0 Å². The molecule has 0 unspecified atom stereocenters. The second kappa shape index (κ2) is 3.59. The zero-order chi connectivity index (χ0) is 8.97. The maximum absolute atomic E-state index is 10.8. The summed E-state index contributed by atoms with van der Waals surface area (Å²) in [5.74, 6) is 3.86. The number of nitrogens with two attached hydrogens (primary N) is 1. The Hall–Kier alpha value is -1.75. The van der Waals surface area contributed by atoms with Crippen molar-refractivity contribution >= 4 is 11.7 Å². The van der Waals surface area contributed by atoms with Crippen LogP contribution in [0.25, 0.3) is 0 Å². The van der Waals surface area contributed by atoms with Crippen LogP contribution in [0.2, 0.25) is 0 Å². The average molecular weight is 166 g/mol. The average Bonchev–Trinajstić information content (AvgIpc) is 2.16. The van der Waals surface area contributed by atoms with Crippen LogP contribution in [0.5, 0.6) is 0 Å². The van der Waals surface area contributed by atoms with Crippen LogP contribution in [-0.4, -0.2) is 5.97 Å². The molecular weight excluding hydrogens is 160 g/mol. The summed E-state index contributed by atoms with van der Waals surface area (Å²) < 4.78 is 0. The van der Waals surface area contributed by atoms with Gasteiger partial charge in [-0.15, -0.1) is 4.91 Å². The number of hydrogen-bond acceptors (Lipinski definition) is 5. The van der Waals surface area contributed by atoms with Crippen molar-refractivity contribution in [1.29, 1.82) is 0 Å². The molecule has 12 heavy (non-hydrogen) atoms. The highest BCUT2D eigenvalue weighted by Gasteiger charge is 2.10. The van der Waals surface area contributed by atoms with E-state index in [1.807, 2.05) is 0 Å². The molecule has 1 aromatic rings. The summed E-state index contributed by atoms with van der Waals surface area (Å²) in [7, 11) is 0. The van der Waals surface area contributed by atoms with Gasteiger partial charge in [-0.2, -0.15) is 5.90 Å². The molecule has 0 aromatic heterocycles. The summed E-state index contributed by atoms with van der Waals surface area (Å²) in [6.45, 7) is 0. The Kier molecular flexibility index (Phi) is 2.49. The Morgan fingerprint density at radius 1 is 1.42 bits per heavy atom. The molecule has 62 valence electrons. The molecule has 0 spiro atoms. The zero-order valence-corrected chi connectivity index (χ0v) is 6.06. The molecule has 0 aliphatic rings. The van der Waals surface area contributed by atoms with Crippen molar-refractivity contribution in [3.63, 3.8) is 0 Å². The molecule has 1 rings (SSSR count). The minimum absolute atomic E-state index is 0.0213. The van der Waals surface area contributed by atoms with Gasteiger partial charge in [-0.25, -0.2) is 4.79 Å². The van der Waals surface area contributed by atoms with Crippen LogP contribution < -0.4 is 5.90 Å². The molecule has 0 heterocycles. The number of hydrogen-bond donors (Lipinski definition) is 1. The molecule has 0 aliphatic heterocycles. The van der Waals surface area contributed by atoms with Crippen LogP contribution >= 0.6 is 0 Å². The van der Waals surface area contributed by atoms with E-state index in [9.17, 15) is 9.70 Å². The van der Waals surface area contributed by atoms with E-state index >= 15 is 0 Å². The first kappa shape index (κ1) is 8.35. The molecule has 0 saturated carbocycles. The standard InChI is InChI=1S/C7H6N2O3/c8-12-7(10)5-3-1-2-4-6(5)9-11/h1-4H,8H2. The fourth-order valence-electron chi connectivity index (χ4n) is 0.789. The van der Waals surface area contributed by atoms with E-state index in [2.05, 4.69) is 15.9 Å². The topological polar surface area (TPSA) is 81.8 Å². The van der Waals surface area contributed by atoms with Crippen LogP contribution in [-0.2, 0) is 4.84 Å². The van der Waals surface area contributed by atoms with Crippen LogP contribution in [0, 0.1) is 4.91 Å². The lowest BCUT2D eigenvalue weighted by atomic mass is 10.2. The van der Waals surface area contributed by atoms with Gasteiger partial charge in [-0.05, 0) is 17.3 Å². The number of nitroso groups, excluding NO2 is 1. The van der Waals surface area contributed by atoms with Crippen LogP contribution in [0.4, 0.5) is 5.69 Å². The van der Waals surface area contributed by atoms with E-state index in [0.717, 1.165) is 0 Å². The molecule has 0 saturated heterocycles. The molecular formula is C7H6N2O3. The monoisotopic (exact) mass is 166 g/mol. The summed E-state index contributed by atoms with van der Waals surface area (Å²) in [6, 6.07) is 5.98. The second-order valence-corrected chi connectivity index (χ2v) is 2.01. The van der Waals surface area contributed by atoms with Gasteiger partial charge in [0.25, 0.3) is 0 Å². The van der Waals surface area contributed by atoms with E-state index in [0.29, 0.717) is 0 Å². The van der Waals surface area contributed by atoms with Crippen molar-refractivity contribution in [2.45, 2.75) is 0 Å². The maximum atomic E-state index is 10.8. The van der Waals surface area contributed by atoms with Gasteiger partial charge in [0.15, 0.2) is 0 Å². The van der Waals surface area contributed by atoms with E-state index < -0.39 is 5.97 Å². The van der Waals surface area contributed by atoms with Gasteiger partial charge >= 0.3 is 5.97 Å². The lowest BCUT2D eigenvalue weighted by molar-refractivity contribution is 0.0504. The first-order valence-electron chi connectivity index (χ1n) is 3.13. The fraction of sp³-hybridized carbons (Fsp3) is 0. The van der Waals surface area contributed by atoms with Crippen LogP contribution in [0.3, 0.4) is 0 Å². The first-order chi connectivity index (χ1) is 5.79. The molecule has 5 heteroatoms. The van der Waals surface area contributed by atoms with Crippen molar-refractivity contribution in [3.8, 4) is 0 Å². The van der Waals surface area contributed by atoms with Crippen LogP contribution in [0.15, 0.2) is 29.4 Å². The molecule has 2 N–H and O–H groups in total. The predicted molar refractivity (Wildman–Crippen MR) is 41.5 cm³/mol. The summed E-state index contributed by atoms with van der Waals surface area (Å²) in [4.78, 5) is 24.9. The number of rotatable bonds is 2. The highest BCUT2D eigenvalue weighted by molar-refractivity contribution is 5.94. The van der Waals surface area contributed by atoms with Crippen molar-refractivity contribution < 1.29 is 9.63 Å². The summed E-state index contributed by atoms with van der Waals surface area (Å²) in [6.07, 6.45) is 0. The molecule has 0 fully saturated rings. The Morgan fingerprint density at radius 3 is 2.67 bits per heavy atom. The highest BCUT2D eigenvalue weighted by Crippen LogP contribution is 2.18. The lowest BCUT2D eigenvalue weighted by Crippen LogP contribution is -2.09. The van der Waals surface area contributed by atoms with Crippen LogP contribution in [0.1, 0.15) is 10.4 Å². The Labute approximate surface area is 68.1 Å². The largest absolute Gasteiger partial charge is 0.370 e. The third kappa shape index (κ3) is 1.46. The van der Waals surface area contributed by atoms with Gasteiger partial charge < -0.3 is 4.84 Å². The summed E-state index contributed by atoms with van der Waals surface area (Å²) in [5, 5.41) is 2.63. The molecule has 0 atom stereocenters. The molecule has 0 bridgehead atoms. The molecule has 5 nitrogen and oxygen atoms in total. The smallest absolute Gasteiger partial charge is 0.358 e. The third-order valence-corrected chi connectivity index (χ3v) is 1.33. The number of nitrogens with zero attached hydrogens (tertiary/aromatic N) is 1. The molecule has 1 aromatic carbocycles. The number of carbonyl (C=O) groups is 1. The molecule has 0 aliphatic carbocycles. The minimum Gasteiger partial charge on any atom is -0.370 e. The van der Waals surface area contributed by atoms with Gasteiger partial charge in [0, 0.05) is 0 Å². The van der Waals surface area contributed by atoms with Crippen molar-refractivity contribution in [2.75, 3.05) is 0 Å². The van der Waals surface area contributed by atoms with E-state index in [1.165, 1.54) is 12.1 Å². The van der Waals surface area contributed by atoms with E-state index in [-0.39, 0.29) is 11.3 Å². The van der Waals surface area contributed by atoms with Gasteiger partial charge in [-0.1, -0.05) is 12.1 Å². The van der Waals surface area contributed by atoms with Gasteiger partial charge in [-0.3, -0.25) is 0 Å². The van der Waals surface area contributed by atoms with Crippen molar-refractivity contribution in [2.24, 2.45) is 11.1 Å². The van der Waals surface area contributed by atoms with Gasteiger partial charge in [0.1, 0.15) is 5.69 Å². The van der Waals surface area contributed by atoms with E-state index in [1.54, 1.807) is 12.1 Å². The minimum atomic E-state index is -0.773. The van der Waals surface area contributed by atoms with Crippen molar-refractivity contribution in [1.82, 2.24) is 0 Å². The Morgan fingerprint density at radius 2 is 2.08 bits per heavy atom. The first-order valence-corrected chi connectivity index (χ1v) is 3.13. The van der Waals surface area contributed by atoms with Gasteiger partial charge in [0.2, 0.25) is 0 Å². The molecule has 0 amide bonds. The van der Waals surface area contributed by atoms with Crippen molar-refractivity contribution in [3.05, 3.63) is 34.7 Å². The summed E-state index contributed by atoms with van der Waals surface area (Å²) in [5.41, 5.74) is 0.0861. The summed E-state index contributed by atoms with van der Waals surface area (Å²) >= 11 is 0. The maximum Gasteiger partial charge on any atom is 0.358 e. The zero-order valence-electron chi connectivity index (χ0n) is 6.06. The number of benzene rings is 1. The molecule has 0 radical (unpaired) electrons. The Bertz CT molecular complexity index is 311. The normalized spacial score (nSPS) is 9.08. The second-order valence-electron chi connectivity index (χ2n) is 2.01. The lowest BCUT2D eigenvalue weighted by Gasteiger charge is -1.98.